The molecule has 0 saturated heterocycles. The van der Waals surface area contributed by atoms with Gasteiger partial charge in [0.1, 0.15) is 11.5 Å². The van der Waals surface area contributed by atoms with Gasteiger partial charge < -0.3 is 14.0 Å². The predicted molar refractivity (Wildman–Crippen MR) is 131 cm³/mol. The quantitative estimate of drug-likeness (QED) is 0.363. The highest BCUT2D eigenvalue weighted by Crippen LogP contribution is 2.53. The van der Waals surface area contributed by atoms with Crippen LogP contribution in [0.1, 0.15) is 28.2 Å². The molecule has 0 bridgehead atoms. The van der Waals surface area contributed by atoms with E-state index in [-0.39, 0.29) is 5.92 Å². The molecule has 32 heavy (non-hydrogen) atoms. The van der Waals surface area contributed by atoms with E-state index in [4.69, 9.17) is 9.47 Å². The number of fused-ring (bicyclic) bond motifs is 2. The van der Waals surface area contributed by atoms with Gasteiger partial charge in [-0.15, -0.1) is 0 Å². The van der Waals surface area contributed by atoms with Crippen LogP contribution in [0.3, 0.4) is 0 Å². The van der Waals surface area contributed by atoms with Crippen LogP contribution in [0.2, 0.25) is 0 Å². The molecule has 0 aromatic heterocycles. The Balaban J connectivity index is 1.91. The van der Waals surface area contributed by atoms with Gasteiger partial charge >= 0.3 is 0 Å². The van der Waals surface area contributed by atoms with E-state index in [1.807, 2.05) is 54.6 Å². The summed E-state index contributed by atoms with van der Waals surface area (Å²) < 4.78 is 26.3. The van der Waals surface area contributed by atoms with Crippen molar-refractivity contribution >= 4 is 23.1 Å². The second-order valence-corrected chi connectivity index (χ2v) is 10.8. The van der Waals surface area contributed by atoms with Crippen LogP contribution in [-0.4, -0.2) is 14.2 Å². The maximum absolute atomic E-state index is 15.2. The van der Waals surface area contributed by atoms with Crippen LogP contribution in [0.4, 0.5) is 0 Å². The van der Waals surface area contributed by atoms with Crippen LogP contribution >= 0.6 is 7.14 Å². The lowest BCUT2D eigenvalue weighted by Crippen LogP contribution is -2.36. The maximum Gasteiger partial charge on any atom is 0.171 e. The molecule has 0 fully saturated rings. The Kier molecular flexibility index (Phi) is 5.15. The standard InChI is InChI=1S/C28H25O3P/c1-19-9-7-8-12-23(19)28-24-15-13-20(30-2)17-26(24)32(29,22-10-5-4-6-11-22)27-18-21(31-3)14-16-25(27)28/h4-18,28H,1-3H3. The fraction of sp³-hybridized carbons (Fsp3) is 0.143. The number of benzene rings is 4. The van der Waals surface area contributed by atoms with Gasteiger partial charge in [0.05, 0.1) is 14.2 Å². The second kappa shape index (κ2) is 8.00. The SMILES string of the molecule is COc1ccc2c(c1)P(=O)(c1ccccc1)c1cc(OC)ccc1C2c1ccccc1C. The molecule has 4 aromatic rings. The van der Waals surface area contributed by atoms with Gasteiger partial charge in [-0.1, -0.05) is 66.7 Å². The van der Waals surface area contributed by atoms with E-state index in [0.29, 0.717) is 11.5 Å². The molecule has 1 aliphatic rings. The zero-order valence-corrected chi connectivity index (χ0v) is 19.3. The summed E-state index contributed by atoms with van der Waals surface area (Å²) in [6.07, 6.45) is 0. The van der Waals surface area contributed by atoms with Gasteiger partial charge in [-0.2, -0.15) is 0 Å². The summed E-state index contributed by atoms with van der Waals surface area (Å²) in [5.74, 6) is 1.38. The van der Waals surface area contributed by atoms with Gasteiger partial charge in [0, 0.05) is 21.8 Å². The van der Waals surface area contributed by atoms with Crippen LogP contribution in [0.5, 0.6) is 11.5 Å². The third-order valence-corrected chi connectivity index (χ3v) is 9.55. The van der Waals surface area contributed by atoms with E-state index in [9.17, 15) is 0 Å². The average molecular weight is 440 g/mol. The molecule has 4 heteroatoms. The summed E-state index contributed by atoms with van der Waals surface area (Å²) in [5, 5.41) is 2.47. The van der Waals surface area contributed by atoms with Gasteiger partial charge in [0.25, 0.3) is 0 Å². The molecule has 0 aliphatic carbocycles. The molecular weight excluding hydrogens is 415 g/mol. The van der Waals surface area contributed by atoms with E-state index in [0.717, 1.165) is 27.0 Å². The van der Waals surface area contributed by atoms with Crippen molar-refractivity contribution in [3.05, 3.63) is 113 Å². The lowest BCUT2D eigenvalue weighted by Gasteiger charge is -2.36. The Morgan fingerprint density at radius 2 is 1.19 bits per heavy atom. The Morgan fingerprint density at radius 1 is 0.656 bits per heavy atom. The first-order valence-corrected chi connectivity index (χ1v) is 12.4. The number of hydrogen-bond donors (Lipinski definition) is 0. The molecule has 0 unspecified atom stereocenters. The molecule has 0 N–H and O–H groups in total. The topological polar surface area (TPSA) is 35.5 Å². The molecule has 0 amide bonds. The largest absolute Gasteiger partial charge is 0.497 e. The third kappa shape index (κ3) is 3.08. The Bertz CT molecular complexity index is 1280. The summed E-state index contributed by atoms with van der Waals surface area (Å²) in [4.78, 5) is 0. The highest BCUT2D eigenvalue weighted by Gasteiger charge is 2.42. The van der Waals surface area contributed by atoms with Gasteiger partial charge in [-0.05, 0) is 53.4 Å². The predicted octanol–water partition coefficient (Wildman–Crippen LogP) is 5.15. The monoisotopic (exact) mass is 440 g/mol. The van der Waals surface area contributed by atoms with Crippen molar-refractivity contribution < 1.29 is 14.0 Å². The summed E-state index contributed by atoms with van der Waals surface area (Å²) in [5.41, 5.74) is 4.54. The smallest absolute Gasteiger partial charge is 0.171 e. The number of aryl methyl sites for hydroxylation is 1. The minimum absolute atomic E-state index is 0.0243. The van der Waals surface area contributed by atoms with Crippen LogP contribution in [0, 0.1) is 6.92 Å². The summed E-state index contributed by atoms with van der Waals surface area (Å²) in [7, 11) is 0.134. The lowest BCUT2D eigenvalue weighted by molar-refractivity contribution is 0.414. The molecule has 0 atom stereocenters. The van der Waals surface area contributed by atoms with Crippen LogP contribution in [0.15, 0.2) is 91.0 Å². The first-order valence-electron chi connectivity index (χ1n) is 10.7. The fourth-order valence-corrected chi connectivity index (χ4v) is 7.95. The molecule has 0 radical (unpaired) electrons. The minimum atomic E-state index is -3.16. The molecular formula is C28H25O3P. The van der Waals surface area contributed by atoms with Crippen molar-refractivity contribution in [3.63, 3.8) is 0 Å². The van der Waals surface area contributed by atoms with E-state index < -0.39 is 7.14 Å². The molecule has 160 valence electrons. The zero-order valence-electron chi connectivity index (χ0n) is 18.4. The normalized spacial score (nSPS) is 19.0. The second-order valence-electron chi connectivity index (χ2n) is 8.08. The molecule has 0 saturated carbocycles. The van der Waals surface area contributed by atoms with Gasteiger partial charge in [0.15, 0.2) is 7.14 Å². The van der Waals surface area contributed by atoms with Crippen molar-refractivity contribution in [1.82, 2.24) is 0 Å². The summed E-state index contributed by atoms with van der Waals surface area (Å²) in [6.45, 7) is 2.13. The van der Waals surface area contributed by atoms with Crippen molar-refractivity contribution in [2.75, 3.05) is 14.2 Å². The highest BCUT2D eigenvalue weighted by atomic mass is 31.2. The van der Waals surface area contributed by atoms with Crippen molar-refractivity contribution in [2.45, 2.75) is 12.8 Å². The first kappa shape index (κ1) is 20.6. The fourth-order valence-electron chi connectivity index (χ4n) is 4.79. The van der Waals surface area contributed by atoms with E-state index >= 15 is 4.57 Å². The Morgan fingerprint density at radius 3 is 1.72 bits per heavy atom. The molecule has 5 rings (SSSR count). The van der Waals surface area contributed by atoms with Gasteiger partial charge in [0.2, 0.25) is 0 Å². The van der Waals surface area contributed by atoms with Crippen LogP contribution in [-0.2, 0) is 4.57 Å². The van der Waals surface area contributed by atoms with Crippen LogP contribution < -0.4 is 25.4 Å². The molecule has 4 aromatic carbocycles. The minimum Gasteiger partial charge on any atom is -0.497 e. The summed E-state index contributed by atoms with van der Waals surface area (Å²) >= 11 is 0. The zero-order chi connectivity index (χ0) is 22.3. The van der Waals surface area contributed by atoms with Crippen molar-refractivity contribution in [2.24, 2.45) is 0 Å². The molecule has 0 spiro atoms. The summed E-state index contributed by atoms with van der Waals surface area (Å²) in [6, 6.07) is 30.2. The van der Waals surface area contributed by atoms with Crippen molar-refractivity contribution in [1.29, 1.82) is 0 Å². The number of rotatable bonds is 4. The highest BCUT2D eigenvalue weighted by molar-refractivity contribution is 7.85. The van der Waals surface area contributed by atoms with E-state index in [2.05, 4.69) is 43.3 Å². The van der Waals surface area contributed by atoms with Gasteiger partial charge in [-0.25, -0.2) is 0 Å². The van der Waals surface area contributed by atoms with E-state index in [1.54, 1.807) is 14.2 Å². The number of ether oxygens (including phenoxy) is 2. The number of methoxy groups -OCH3 is 2. The molecule has 3 nitrogen and oxygen atoms in total. The van der Waals surface area contributed by atoms with Crippen LogP contribution in [0.25, 0.3) is 0 Å². The first-order chi connectivity index (χ1) is 15.6. The maximum atomic E-state index is 15.2. The van der Waals surface area contributed by atoms with E-state index in [1.165, 1.54) is 11.1 Å². The lowest BCUT2D eigenvalue weighted by atomic mass is 9.82. The Hall–Kier alpha value is -3.29. The van der Waals surface area contributed by atoms with Gasteiger partial charge in [-0.3, -0.25) is 0 Å². The Labute approximate surface area is 189 Å². The average Bonchev–Trinajstić information content (AvgIpc) is 2.85. The van der Waals surface area contributed by atoms with Crippen molar-refractivity contribution in [3.8, 4) is 11.5 Å². The number of hydrogen-bond acceptors (Lipinski definition) is 3. The third-order valence-electron chi connectivity index (χ3n) is 6.39. The molecule has 1 aliphatic heterocycles. The molecule has 1 heterocycles.